The SMILES string of the molecule is C=C(/C=C\C)COc1c(OC)ccc(CCNC(=O)c2cc(OC)c(OC)cc2C)c1F. The van der Waals surface area contributed by atoms with Gasteiger partial charge in [-0.2, -0.15) is 0 Å². The maximum absolute atomic E-state index is 15.1. The largest absolute Gasteiger partial charge is 0.493 e. The monoisotopic (exact) mass is 443 g/mol. The second-order valence-electron chi connectivity index (χ2n) is 7.04. The van der Waals surface area contributed by atoms with Gasteiger partial charge in [-0.25, -0.2) is 4.39 Å². The third-order valence-electron chi connectivity index (χ3n) is 4.82. The number of ether oxygens (including phenoxy) is 4. The number of carbonyl (C=O) groups is 1. The second kappa shape index (κ2) is 11.8. The van der Waals surface area contributed by atoms with E-state index in [1.54, 1.807) is 30.3 Å². The Hall–Kier alpha value is -3.48. The minimum absolute atomic E-state index is 0.0257. The molecule has 0 saturated carbocycles. The van der Waals surface area contributed by atoms with Gasteiger partial charge in [-0.1, -0.05) is 24.8 Å². The number of allylic oxidation sites excluding steroid dienone is 1. The number of benzene rings is 2. The summed E-state index contributed by atoms with van der Waals surface area (Å²) < 4.78 is 36.4. The fourth-order valence-electron chi connectivity index (χ4n) is 3.15. The van der Waals surface area contributed by atoms with Crippen molar-refractivity contribution in [2.24, 2.45) is 0 Å². The predicted octanol–water partition coefficient (Wildman–Crippen LogP) is 4.64. The molecule has 0 atom stereocenters. The normalized spacial score (nSPS) is 10.7. The summed E-state index contributed by atoms with van der Waals surface area (Å²) in [6.07, 6.45) is 3.90. The minimum Gasteiger partial charge on any atom is -0.493 e. The molecule has 0 heterocycles. The third kappa shape index (κ3) is 6.03. The van der Waals surface area contributed by atoms with Crippen LogP contribution >= 0.6 is 0 Å². The first kappa shape index (κ1) is 24.8. The van der Waals surface area contributed by atoms with Gasteiger partial charge < -0.3 is 24.3 Å². The lowest BCUT2D eigenvalue weighted by Crippen LogP contribution is -2.26. The van der Waals surface area contributed by atoms with Gasteiger partial charge in [0, 0.05) is 12.1 Å². The van der Waals surface area contributed by atoms with Crippen molar-refractivity contribution < 1.29 is 28.1 Å². The smallest absolute Gasteiger partial charge is 0.251 e. The highest BCUT2D eigenvalue weighted by Gasteiger charge is 2.17. The maximum Gasteiger partial charge on any atom is 0.251 e. The van der Waals surface area contributed by atoms with Gasteiger partial charge in [0.05, 0.1) is 21.3 Å². The summed E-state index contributed by atoms with van der Waals surface area (Å²) in [6, 6.07) is 6.63. The molecule has 1 N–H and O–H groups in total. The molecule has 1 amide bonds. The van der Waals surface area contributed by atoms with Crippen molar-refractivity contribution in [3.05, 3.63) is 71.1 Å². The highest BCUT2D eigenvalue weighted by Crippen LogP contribution is 2.33. The summed E-state index contributed by atoms with van der Waals surface area (Å²) in [5, 5.41) is 2.82. The van der Waals surface area contributed by atoms with Crippen LogP contribution in [-0.2, 0) is 6.42 Å². The average Bonchev–Trinajstić information content (AvgIpc) is 2.78. The number of halogens is 1. The Balaban J connectivity index is 2.10. The molecular weight excluding hydrogens is 413 g/mol. The van der Waals surface area contributed by atoms with E-state index in [1.165, 1.54) is 21.3 Å². The molecule has 0 saturated heterocycles. The lowest BCUT2D eigenvalue weighted by atomic mass is 10.1. The van der Waals surface area contributed by atoms with E-state index in [1.807, 2.05) is 19.9 Å². The summed E-state index contributed by atoms with van der Waals surface area (Å²) in [4.78, 5) is 12.7. The molecule has 2 rings (SSSR count). The van der Waals surface area contributed by atoms with Gasteiger partial charge in [-0.05, 0) is 55.2 Å². The first-order valence-corrected chi connectivity index (χ1v) is 10.2. The van der Waals surface area contributed by atoms with Crippen molar-refractivity contribution in [2.45, 2.75) is 20.3 Å². The van der Waals surface area contributed by atoms with E-state index in [0.29, 0.717) is 33.9 Å². The van der Waals surface area contributed by atoms with Gasteiger partial charge in [0.2, 0.25) is 0 Å². The molecule has 32 heavy (non-hydrogen) atoms. The molecule has 0 unspecified atom stereocenters. The lowest BCUT2D eigenvalue weighted by Gasteiger charge is -2.15. The van der Waals surface area contributed by atoms with Gasteiger partial charge >= 0.3 is 0 Å². The average molecular weight is 444 g/mol. The standard InChI is InChI=1S/C25H30FNO5/c1-7-8-16(2)15-32-24-20(29-4)10-9-18(23(24)26)11-12-27-25(28)19-14-22(31-6)21(30-5)13-17(19)3/h7-10,13-14H,2,11-12,15H2,1,3-6H3,(H,27,28)/b8-7-. The molecule has 0 bridgehead atoms. The Labute approximate surface area is 188 Å². The molecular formula is C25H30FNO5. The Morgan fingerprint density at radius 3 is 2.38 bits per heavy atom. The molecule has 0 aromatic heterocycles. The zero-order valence-corrected chi connectivity index (χ0v) is 19.2. The zero-order chi connectivity index (χ0) is 23.7. The molecule has 172 valence electrons. The molecule has 0 aliphatic rings. The van der Waals surface area contributed by atoms with E-state index in [0.717, 1.165) is 5.56 Å². The molecule has 6 nitrogen and oxygen atoms in total. The van der Waals surface area contributed by atoms with Gasteiger partial charge in [-0.15, -0.1) is 0 Å². The van der Waals surface area contributed by atoms with Crippen LogP contribution in [0.2, 0.25) is 0 Å². The van der Waals surface area contributed by atoms with Gasteiger partial charge in [0.25, 0.3) is 5.91 Å². The molecule has 0 radical (unpaired) electrons. The first-order valence-electron chi connectivity index (χ1n) is 10.2. The van der Waals surface area contributed by atoms with Gasteiger partial charge in [0.15, 0.2) is 28.8 Å². The number of aryl methyl sites for hydroxylation is 1. The molecule has 7 heteroatoms. The van der Waals surface area contributed by atoms with Crippen molar-refractivity contribution in [1.29, 1.82) is 0 Å². The highest BCUT2D eigenvalue weighted by molar-refractivity contribution is 5.96. The molecule has 0 spiro atoms. The van der Waals surface area contributed by atoms with E-state index in [9.17, 15) is 4.79 Å². The van der Waals surface area contributed by atoms with Crippen LogP contribution in [0.4, 0.5) is 4.39 Å². The summed E-state index contributed by atoms with van der Waals surface area (Å²) in [7, 11) is 4.50. The molecule has 2 aromatic rings. The van der Waals surface area contributed by atoms with Crippen LogP contribution < -0.4 is 24.3 Å². The van der Waals surface area contributed by atoms with Crippen LogP contribution in [0, 0.1) is 12.7 Å². The van der Waals surface area contributed by atoms with E-state index in [-0.39, 0.29) is 31.2 Å². The lowest BCUT2D eigenvalue weighted by molar-refractivity contribution is 0.0953. The van der Waals surface area contributed by atoms with E-state index in [4.69, 9.17) is 18.9 Å². The minimum atomic E-state index is -0.519. The van der Waals surface area contributed by atoms with Crippen LogP contribution in [0.5, 0.6) is 23.0 Å². The molecule has 0 fully saturated rings. The number of nitrogens with one attached hydrogen (secondary N) is 1. The van der Waals surface area contributed by atoms with Crippen LogP contribution in [0.25, 0.3) is 0 Å². The Morgan fingerprint density at radius 2 is 1.75 bits per heavy atom. The van der Waals surface area contributed by atoms with E-state index in [2.05, 4.69) is 11.9 Å². The van der Waals surface area contributed by atoms with Crippen LogP contribution in [-0.4, -0.2) is 40.4 Å². The van der Waals surface area contributed by atoms with Crippen molar-refractivity contribution in [1.82, 2.24) is 5.32 Å². The van der Waals surface area contributed by atoms with Crippen LogP contribution in [0.3, 0.4) is 0 Å². The fourth-order valence-corrected chi connectivity index (χ4v) is 3.15. The maximum atomic E-state index is 15.1. The van der Waals surface area contributed by atoms with E-state index >= 15 is 4.39 Å². The van der Waals surface area contributed by atoms with Crippen molar-refractivity contribution in [3.8, 4) is 23.0 Å². The van der Waals surface area contributed by atoms with E-state index < -0.39 is 5.82 Å². The summed E-state index contributed by atoms with van der Waals surface area (Å²) >= 11 is 0. The molecule has 2 aromatic carbocycles. The zero-order valence-electron chi connectivity index (χ0n) is 19.2. The number of rotatable bonds is 11. The molecule has 0 aliphatic carbocycles. The Morgan fingerprint density at radius 1 is 1.09 bits per heavy atom. The highest BCUT2D eigenvalue weighted by atomic mass is 19.1. The summed E-state index contributed by atoms with van der Waals surface area (Å²) in [5.41, 5.74) is 2.32. The van der Waals surface area contributed by atoms with Crippen molar-refractivity contribution >= 4 is 5.91 Å². The quantitative estimate of drug-likeness (QED) is 0.513. The fraction of sp³-hybridized carbons (Fsp3) is 0.320. The van der Waals surface area contributed by atoms with Gasteiger partial charge in [-0.3, -0.25) is 4.79 Å². The first-order chi connectivity index (χ1) is 15.4. The van der Waals surface area contributed by atoms with Crippen LogP contribution in [0.1, 0.15) is 28.4 Å². The second-order valence-corrected chi connectivity index (χ2v) is 7.04. The van der Waals surface area contributed by atoms with Crippen molar-refractivity contribution in [3.63, 3.8) is 0 Å². The number of methoxy groups -OCH3 is 3. The Bertz CT molecular complexity index is 1000. The number of hydrogen-bond acceptors (Lipinski definition) is 5. The Kier molecular flexibility index (Phi) is 9.13. The predicted molar refractivity (Wildman–Crippen MR) is 123 cm³/mol. The number of carbonyl (C=O) groups excluding carboxylic acids is 1. The summed E-state index contributed by atoms with van der Waals surface area (Å²) in [6.45, 7) is 7.90. The number of hydrogen-bond donors (Lipinski definition) is 1. The van der Waals surface area contributed by atoms with Gasteiger partial charge in [0.1, 0.15) is 6.61 Å². The number of amides is 1. The summed E-state index contributed by atoms with van der Waals surface area (Å²) in [5.74, 6) is 0.533. The third-order valence-corrected chi connectivity index (χ3v) is 4.82. The molecule has 0 aliphatic heterocycles. The van der Waals surface area contributed by atoms with Crippen molar-refractivity contribution in [2.75, 3.05) is 34.5 Å². The van der Waals surface area contributed by atoms with Crippen LogP contribution in [0.15, 0.2) is 48.6 Å². The topological polar surface area (TPSA) is 66.0 Å².